The van der Waals surface area contributed by atoms with Gasteiger partial charge in [-0.1, -0.05) is 29.8 Å². The van der Waals surface area contributed by atoms with Gasteiger partial charge in [-0.05, 0) is 38.1 Å². The molecule has 8 nitrogen and oxygen atoms in total. The lowest BCUT2D eigenvalue weighted by Crippen LogP contribution is -2.15. The number of ether oxygens (including phenoxy) is 3. The number of carbonyl (C=O) groups excluding carboxylic acids is 1. The fourth-order valence-corrected chi connectivity index (χ4v) is 2.89. The van der Waals surface area contributed by atoms with Crippen molar-refractivity contribution in [3.05, 3.63) is 81.9 Å². The van der Waals surface area contributed by atoms with E-state index in [0.717, 1.165) is 5.56 Å². The molecule has 0 saturated carbocycles. The van der Waals surface area contributed by atoms with E-state index >= 15 is 0 Å². The van der Waals surface area contributed by atoms with Crippen LogP contribution in [0.1, 0.15) is 22.8 Å². The zero-order valence-electron chi connectivity index (χ0n) is 17.4. The summed E-state index contributed by atoms with van der Waals surface area (Å²) < 4.78 is 16.5. The molecule has 3 aromatic rings. The molecule has 1 amide bonds. The van der Waals surface area contributed by atoms with Crippen LogP contribution in [0, 0.1) is 17.0 Å². The van der Waals surface area contributed by atoms with Gasteiger partial charge in [0.1, 0.15) is 11.3 Å². The standard InChI is InChI=1S/C23H22N2O6/c1-4-30-22-14-19(25(27)28)17(13-21(22)29-3)23(26)24-18-7-5-6-8-20(18)31-16-11-9-15(2)10-12-16/h5-14H,4H2,1-3H3,(H,24,26). The van der Waals surface area contributed by atoms with Crippen LogP contribution in [0.4, 0.5) is 11.4 Å². The molecule has 0 unspecified atom stereocenters. The first-order chi connectivity index (χ1) is 14.9. The van der Waals surface area contributed by atoms with Gasteiger partial charge in [0.05, 0.1) is 30.4 Å². The number of methoxy groups -OCH3 is 1. The summed E-state index contributed by atoms with van der Waals surface area (Å²) in [6.07, 6.45) is 0. The molecule has 1 N–H and O–H groups in total. The van der Waals surface area contributed by atoms with Crippen LogP contribution in [0.2, 0.25) is 0 Å². The monoisotopic (exact) mass is 422 g/mol. The molecule has 0 spiro atoms. The van der Waals surface area contributed by atoms with Crippen molar-refractivity contribution in [1.29, 1.82) is 0 Å². The van der Waals surface area contributed by atoms with E-state index in [1.165, 1.54) is 19.2 Å². The maximum atomic E-state index is 13.0. The molecule has 31 heavy (non-hydrogen) atoms. The van der Waals surface area contributed by atoms with Gasteiger partial charge in [-0.15, -0.1) is 0 Å². The number of carbonyl (C=O) groups is 1. The number of anilines is 1. The van der Waals surface area contributed by atoms with Crippen LogP contribution in [0.5, 0.6) is 23.0 Å². The Labute approximate surface area is 179 Å². The minimum atomic E-state index is -0.673. The van der Waals surface area contributed by atoms with Crippen LogP contribution < -0.4 is 19.5 Å². The number of nitro groups is 1. The molecule has 0 aliphatic rings. The number of nitrogens with zero attached hydrogens (tertiary/aromatic N) is 1. The Morgan fingerprint density at radius 2 is 1.74 bits per heavy atom. The summed E-state index contributed by atoms with van der Waals surface area (Å²) in [7, 11) is 1.40. The van der Waals surface area contributed by atoms with Gasteiger partial charge in [-0.3, -0.25) is 14.9 Å². The number of aryl methyl sites for hydroxylation is 1. The second-order valence-corrected chi connectivity index (χ2v) is 6.58. The van der Waals surface area contributed by atoms with E-state index in [1.807, 2.05) is 31.2 Å². The number of hydrogen-bond donors (Lipinski definition) is 1. The molecule has 3 aromatic carbocycles. The van der Waals surface area contributed by atoms with Crippen molar-refractivity contribution in [2.75, 3.05) is 19.0 Å². The maximum absolute atomic E-state index is 13.0. The molecule has 0 aliphatic heterocycles. The quantitative estimate of drug-likeness (QED) is 0.388. The average Bonchev–Trinajstić information content (AvgIpc) is 2.76. The largest absolute Gasteiger partial charge is 0.493 e. The van der Waals surface area contributed by atoms with Crippen molar-refractivity contribution in [2.24, 2.45) is 0 Å². The number of amides is 1. The highest BCUT2D eigenvalue weighted by Crippen LogP contribution is 2.36. The van der Waals surface area contributed by atoms with Gasteiger partial charge in [0, 0.05) is 6.07 Å². The average molecular weight is 422 g/mol. The summed E-state index contributed by atoms with van der Waals surface area (Å²) in [4.78, 5) is 23.9. The summed E-state index contributed by atoms with van der Waals surface area (Å²) in [5, 5.41) is 14.3. The zero-order chi connectivity index (χ0) is 22.4. The van der Waals surface area contributed by atoms with Gasteiger partial charge in [-0.25, -0.2) is 0 Å². The van der Waals surface area contributed by atoms with E-state index in [-0.39, 0.29) is 17.1 Å². The fraction of sp³-hybridized carbons (Fsp3) is 0.174. The minimum Gasteiger partial charge on any atom is -0.493 e. The lowest BCUT2D eigenvalue weighted by molar-refractivity contribution is -0.385. The number of para-hydroxylation sites is 2. The van der Waals surface area contributed by atoms with E-state index in [1.54, 1.807) is 31.2 Å². The van der Waals surface area contributed by atoms with E-state index in [0.29, 0.717) is 23.8 Å². The molecular formula is C23H22N2O6. The second-order valence-electron chi connectivity index (χ2n) is 6.58. The lowest BCUT2D eigenvalue weighted by atomic mass is 10.1. The molecule has 3 rings (SSSR count). The Morgan fingerprint density at radius 1 is 1.03 bits per heavy atom. The minimum absolute atomic E-state index is 0.157. The predicted molar refractivity (Wildman–Crippen MR) is 116 cm³/mol. The summed E-state index contributed by atoms with van der Waals surface area (Å²) in [5.74, 6) is 0.743. The normalized spacial score (nSPS) is 10.3. The first-order valence-corrected chi connectivity index (χ1v) is 9.57. The van der Waals surface area contributed by atoms with Crippen molar-refractivity contribution >= 4 is 17.3 Å². The smallest absolute Gasteiger partial charge is 0.286 e. The van der Waals surface area contributed by atoms with E-state index in [9.17, 15) is 14.9 Å². The molecule has 0 saturated heterocycles. The summed E-state index contributed by atoms with van der Waals surface area (Å²) >= 11 is 0. The van der Waals surface area contributed by atoms with Crippen LogP contribution >= 0.6 is 0 Å². The number of rotatable bonds is 8. The Hall–Kier alpha value is -4.07. The van der Waals surface area contributed by atoms with E-state index in [4.69, 9.17) is 14.2 Å². The molecule has 0 atom stereocenters. The van der Waals surface area contributed by atoms with Crippen molar-refractivity contribution in [3.8, 4) is 23.0 Å². The van der Waals surface area contributed by atoms with Gasteiger partial charge in [0.2, 0.25) is 0 Å². The van der Waals surface area contributed by atoms with Gasteiger partial charge in [0.15, 0.2) is 17.2 Å². The zero-order valence-corrected chi connectivity index (χ0v) is 17.4. The summed E-state index contributed by atoms with van der Waals surface area (Å²) in [6.45, 7) is 4.01. The molecule has 160 valence electrons. The Bertz CT molecular complexity index is 1100. The maximum Gasteiger partial charge on any atom is 0.286 e. The molecule has 0 bridgehead atoms. The van der Waals surface area contributed by atoms with Crippen LogP contribution in [0.3, 0.4) is 0 Å². The number of nitrogens with one attached hydrogen (secondary N) is 1. The molecule has 0 aliphatic carbocycles. The van der Waals surface area contributed by atoms with Crippen LogP contribution in [0.25, 0.3) is 0 Å². The first-order valence-electron chi connectivity index (χ1n) is 9.57. The van der Waals surface area contributed by atoms with Crippen LogP contribution in [-0.4, -0.2) is 24.5 Å². The highest BCUT2D eigenvalue weighted by Gasteiger charge is 2.25. The van der Waals surface area contributed by atoms with Crippen molar-refractivity contribution in [1.82, 2.24) is 0 Å². The number of hydrogen-bond acceptors (Lipinski definition) is 6. The van der Waals surface area contributed by atoms with Crippen LogP contribution in [0.15, 0.2) is 60.7 Å². The fourth-order valence-electron chi connectivity index (χ4n) is 2.89. The van der Waals surface area contributed by atoms with E-state index in [2.05, 4.69) is 5.32 Å². The third-order valence-electron chi connectivity index (χ3n) is 4.41. The SMILES string of the molecule is CCOc1cc([N+](=O)[O-])c(C(=O)Nc2ccccc2Oc2ccc(C)cc2)cc1OC. The topological polar surface area (TPSA) is 99.9 Å². The number of benzene rings is 3. The van der Waals surface area contributed by atoms with Gasteiger partial charge >= 0.3 is 0 Å². The van der Waals surface area contributed by atoms with Gasteiger partial charge < -0.3 is 19.5 Å². The Kier molecular flexibility index (Phi) is 6.71. The molecule has 8 heteroatoms. The lowest BCUT2D eigenvalue weighted by Gasteiger charge is -2.14. The number of nitro benzene ring substituents is 1. The third-order valence-corrected chi connectivity index (χ3v) is 4.41. The second kappa shape index (κ2) is 9.62. The summed E-state index contributed by atoms with van der Waals surface area (Å²) in [6, 6.07) is 16.8. The highest BCUT2D eigenvalue weighted by atomic mass is 16.6. The Balaban J connectivity index is 1.93. The van der Waals surface area contributed by atoms with E-state index < -0.39 is 16.5 Å². The van der Waals surface area contributed by atoms with Crippen molar-refractivity contribution < 1.29 is 23.9 Å². The van der Waals surface area contributed by atoms with Crippen LogP contribution in [-0.2, 0) is 0 Å². The molecule has 0 aromatic heterocycles. The van der Waals surface area contributed by atoms with Crippen molar-refractivity contribution in [2.45, 2.75) is 13.8 Å². The Morgan fingerprint density at radius 3 is 2.39 bits per heavy atom. The third kappa shape index (κ3) is 5.11. The predicted octanol–water partition coefficient (Wildman–Crippen LogP) is 5.36. The molecule has 0 heterocycles. The van der Waals surface area contributed by atoms with Crippen molar-refractivity contribution in [3.63, 3.8) is 0 Å². The molecular weight excluding hydrogens is 400 g/mol. The van der Waals surface area contributed by atoms with Gasteiger partial charge in [-0.2, -0.15) is 0 Å². The highest BCUT2D eigenvalue weighted by molar-refractivity contribution is 6.08. The summed E-state index contributed by atoms with van der Waals surface area (Å²) in [5.41, 5.74) is 0.912. The van der Waals surface area contributed by atoms with Gasteiger partial charge in [0.25, 0.3) is 11.6 Å². The molecule has 0 radical (unpaired) electrons. The molecule has 0 fully saturated rings. The first kappa shape index (κ1) is 21.6.